The number of para-hydroxylation sites is 1. The Morgan fingerprint density at radius 2 is 1.57 bits per heavy atom. The highest BCUT2D eigenvalue weighted by Crippen LogP contribution is 2.28. The number of fused-ring (bicyclic) bond motifs is 1. The summed E-state index contributed by atoms with van der Waals surface area (Å²) in [5.74, 6) is 0.900. The summed E-state index contributed by atoms with van der Waals surface area (Å²) >= 11 is 1.43. The standard InChI is InChI=1S/C25H23N3OS/c1-16-8-10-19(11-9-16)24-27-22-7-5-4-6-21(22)25(28-24)30-15-23(29)26-20-13-17(2)12-18(3)14-20/h4-14H,15H2,1-3H3,(H,26,29). The minimum absolute atomic E-state index is 0.0513. The molecule has 0 aliphatic rings. The van der Waals surface area contributed by atoms with E-state index in [1.807, 2.05) is 62.4 Å². The largest absolute Gasteiger partial charge is 0.325 e. The van der Waals surface area contributed by atoms with Crippen LogP contribution in [-0.4, -0.2) is 21.6 Å². The number of thioether (sulfide) groups is 1. The van der Waals surface area contributed by atoms with Crippen molar-refractivity contribution in [2.24, 2.45) is 0 Å². The molecule has 0 fully saturated rings. The van der Waals surface area contributed by atoms with E-state index in [0.717, 1.165) is 38.3 Å². The molecule has 0 aliphatic carbocycles. The van der Waals surface area contributed by atoms with E-state index in [-0.39, 0.29) is 11.7 Å². The number of anilines is 1. The number of rotatable bonds is 5. The Hall–Kier alpha value is -3.18. The van der Waals surface area contributed by atoms with Crippen LogP contribution in [0.3, 0.4) is 0 Å². The number of hydrogen-bond acceptors (Lipinski definition) is 4. The second kappa shape index (κ2) is 8.67. The van der Waals surface area contributed by atoms with Crippen molar-refractivity contribution in [3.05, 3.63) is 83.4 Å². The molecule has 1 N–H and O–H groups in total. The van der Waals surface area contributed by atoms with E-state index >= 15 is 0 Å². The van der Waals surface area contributed by atoms with E-state index in [1.165, 1.54) is 17.3 Å². The zero-order chi connectivity index (χ0) is 21.1. The van der Waals surface area contributed by atoms with Crippen LogP contribution < -0.4 is 5.32 Å². The van der Waals surface area contributed by atoms with Crippen molar-refractivity contribution in [1.82, 2.24) is 9.97 Å². The van der Waals surface area contributed by atoms with E-state index in [1.54, 1.807) is 0 Å². The molecule has 1 aromatic heterocycles. The molecular formula is C25H23N3OS. The molecule has 1 amide bonds. The van der Waals surface area contributed by atoms with Crippen molar-refractivity contribution in [2.75, 3.05) is 11.1 Å². The number of aryl methyl sites for hydroxylation is 3. The second-order valence-corrected chi connectivity index (χ2v) is 8.41. The molecule has 0 atom stereocenters. The summed E-state index contributed by atoms with van der Waals surface area (Å²) < 4.78 is 0. The number of aromatic nitrogens is 2. The SMILES string of the molecule is Cc1ccc(-c2nc(SCC(=O)Nc3cc(C)cc(C)c3)c3ccccc3n2)cc1. The molecule has 0 radical (unpaired) electrons. The Morgan fingerprint density at radius 1 is 0.867 bits per heavy atom. The van der Waals surface area contributed by atoms with Crippen LogP contribution in [0.4, 0.5) is 5.69 Å². The highest BCUT2D eigenvalue weighted by atomic mass is 32.2. The van der Waals surface area contributed by atoms with Gasteiger partial charge in [-0.2, -0.15) is 0 Å². The van der Waals surface area contributed by atoms with Crippen LogP contribution in [0.2, 0.25) is 0 Å². The Labute approximate surface area is 180 Å². The fourth-order valence-corrected chi connectivity index (χ4v) is 4.19. The predicted octanol–water partition coefficient (Wildman–Crippen LogP) is 5.95. The van der Waals surface area contributed by atoms with Crippen molar-refractivity contribution in [2.45, 2.75) is 25.8 Å². The summed E-state index contributed by atoms with van der Waals surface area (Å²) in [4.78, 5) is 22.1. The zero-order valence-corrected chi connectivity index (χ0v) is 18.1. The Kier molecular flexibility index (Phi) is 5.81. The van der Waals surface area contributed by atoms with E-state index in [2.05, 4.69) is 30.4 Å². The van der Waals surface area contributed by atoms with Crippen molar-refractivity contribution in [3.8, 4) is 11.4 Å². The van der Waals surface area contributed by atoms with Gasteiger partial charge in [0.05, 0.1) is 11.3 Å². The summed E-state index contributed by atoms with van der Waals surface area (Å²) in [6.45, 7) is 6.11. The lowest BCUT2D eigenvalue weighted by Gasteiger charge is -2.10. The quantitative estimate of drug-likeness (QED) is 0.324. The number of benzene rings is 3. The topological polar surface area (TPSA) is 54.9 Å². The molecule has 5 heteroatoms. The van der Waals surface area contributed by atoms with Crippen LogP contribution in [0.15, 0.2) is 71.8 Å². The number of nitrogens with one attached hydrogen (secondary N) is 1. The molecular weight excluding hydrogens is 390 g/mol. The van der Waals surface area contributed by atoms with Gasteiger partial charge in [0.15, 0.2) is 5.82 Å². The van der Waals surface area contributed by atoms with Crippen molar-refractivity contribution >= 4 is 34.3 Å². The second-order valence-electron chi connectivity index (χ2n) is 7.45. The molecule has 0 saturated heterocycles. The van der Waals surface area contributed by atoms with Crippen molar-refractivity contribution < 1.29 is 4.79 Å². The van der Waals surface area contributed by atoms with Crippen LogP contribution in [0, 0.1) is 20.8 Å². The first-order valence-corrected chi connectivity index (χ1v) is 10.8. The van der Waals surface area contributed by atoms with Crippen LogP contribution in [0.5, 0.6) is 0 Å². The molecule has 1 heterocycles. The van der Waals surface area contributed by atoms with Crippen LogP contribution in [0.1, 0.15) is 16.7 Å². The lowest BCUT2D eigenvalue weighted by atomic mass is 10.1. The maximum atomic E-state index is 12.6. The number of nitrogens with zero attached hydrogens (tertiary/aromatic N) is 2. The number of amides is 1. The van der Waals surface area contributed by atoms with E-state index < -0.39 is 0 Å². The lowest BCUT2D eigenvalue weighted by molar-refractivity contribution is -0.113. The number of hydrogen-bond donors (Lipinski definition) is 1. The molecule has 0 saturated carbocycles. The first-order valence-electron chi connectivity index (χ1n) is 9.83. The highest BCUT2D eigenvalue weighted by Gasteiger charge is 2.12. The molecule has 4 nitrogen and oxygen atoms in total. The summed E-state index contributed by atoms with van der Waals surface area (Å²) in [6, 6.07) is 22.1. The van der Waals surface area contributed by atoms with Gasteiger partial charge in [-0.3, -0.25) is 4.79 Å². The third-order valence-corrected chi connectivity index (χ3v) is 5.71. The van der Waals surface area contributed by atoms with Gasteiger partial charge in [-0.1, -0.05) is 65.9 Å². The Morgan fingerprint density at radius 3 is 2.30 bits per heavy atom. The first-order chi connectivity index (χ1) is 14.5. The first kappa shape index (κ1) is 20.1. The van der Waals surface area contributed by atoms with Gasteiger partial charge in [0.25, 0.3) is 0 Å². The van der Waals surface area contributed by atoms with Gasteiger partial charge in [-0.15, -0.1) is 0 Å². The monoisotopic (exact) mass is 413 g/mol. The molecule has 4 rings (SSSR count). The molecule has 3 aromatic carbocycles. The molecule has 150 valence electrons. The van der Waals surface area contributed by atoms with Gasteiger partial charge in [-0.05, 0) is 50.1 Å². The molecule has 0 unspecified atom stereocenters. The smallest absolute Gasteiger partial charge is 0.234 e. The average molecular weight is 414 g/mol. The van der Waals surface area contributed by atoms with Crippen molar-refractivity contribution in [1.29, 1.82) is 0 Å². The van der Waals surface area contributed by atoms with Crippen LogP contribution >= 0.6 is 11.8 Å². The Bertz CT molecular complexity index is 1200. The van der Waals surface area contributed by atoms with E-state index in [0.29, 0.717) is 5.82 Å². The molecule has 0 bridgehead atoms. The highest BCUT2D eigenvalue weighted by molar-refractivity contribution is 8.00. The number of carbonyl (C=O) groups excluding carboxylic acids is 1. The molecule has 30 heavy (non-hydrogen) atoms. The van der Waals surface area contributed by atoms with Crippen LogP contribution in [0.25, 0.3) is 22.3 Å². The van der Waals surface area contributed by atoms with Crippen LogP contribution in [-0.2, 0) is 4.79 Å². The van der Waals surface area contributed by atoms with Gasteiger partial charge in [0, 0.05) is 16.6 Å². The van der Waals surface area contributed by atoms with Crippen molar-refractivity contribution in [3.63, 3.8) is 0 Å². The fourth-order valence-electron chi connectivity index (χ4n) is 3.37. The maximum Gasteiger partial charge on any atom is 0.234 e. The zero-order valence-electron chi connectivity index (χ0n) is 17.3. The third-order valence-electron chi connectivity index (χ3n) is 4.72. The van der Waals surface area contributed by atoms with Gasteiger partial charge in [0.2, 0.25) is 5.91 Å². The summed E-state index contributed by atoms with van der Waals surface area (Å²) in [5.41, 5.74) is 6.11. The summed E-state index contributed by atoms with van der Waals surface area (Å²) in [6.07, 6.45) is 0. The minimum atomic E-state index is -0.0513. The number of carbonyl (C=O) groups is 1. The van der Waals surface area contributed by atoms with Gasteiger partial charge in [0.1, 0.15) is 5.03 Å². The average Bonchev–Trinajstić information content (AvgIpc) is 2.71. The Balaban J connectivity index is 1.58. The summed E-state index contributed by atoms with van der Waals surface area (Å²) in [5, 5.41) is 4.76. The summed E-state index contributed by atoms with van der Waals surface area (Å²) in [7, 11) is 0. The van der Waals surface area contributed by atoms with E-state index in [9.17, 15) is 4.79 Å². The normalized spacial score (nSPS) is 10.9. The molecule has 4 aromatic rings. The fraction of sp³-hybridized carbons (Fsp3) is 0.160. The lowest BCUT2D eigenvalue weighted by Crippen LogP contribution is -2.14. The molecule has 0 spiro atoms. The third kappa shape index (κ3) is 4.69. The minimum Gasteiger partial charge on any atom is -0.325 e. The molecule has 0 aliphatic heterocycles. The van der Waals surface area contributed by atoms with Gasteiger partial charge >= 0.3 is 0 Å². The maximum absolute atomic E-state index is 12.6. The predicted molar refractivity (Wildman–Crippen MR) is 125 cm³/mol. The van der Waals surface area contributed by atoms with Gasteiger partial charge in [-0.25, -0.2) is 9.97 Å². The van der Waals surface area contributed by atoms with Gasteiger partial charge < -0.3 is 5.32 Å². The van der Waals surface area contributed by atoms with E-state index in [4.69, 9.17) is 9.97 Å².